The molecule has 1 N–H and O–H groups in total. The van der Waals surface area contributed by atoms with Gasteiger partial charge in [0.25, 0.3) is 5.91 Å². The van der Waals surface area contributed by atoms with E-state index in [1.165, 1.54) is 5.56 Å². The summed E-state index contributed by atoms with van der Waals surface area (Å²) in [5, 5.41) is 2.70. The van der Waals surface area contributed by atoms with Gasteiger partial charge in [-0.2, -0.15) is 0 Å². The van der Waals surface area contributed by atoms with Gasteiger partial charge < -0.3 is 14.8 Å². The molecular formula is C21H25NO4. The van der Waals surface area contributed by atoms with E-state index in [2.05, 4.69) is 19.2 Å². The lowest BCUT2D eigenvalue weighted by atomic mass is 10.1. The van der Waals surface area contributed by atoms with Gasteiger partial charge in [-0.15, -0.1) is 0 Å². The van der Waals surface area contributed by atoms with Gasteiger partial charge >= 0.3 is 5.97 Å². The molecular weight excluding hydrogens is 330 g/mol. The third kappa shape index (κ3) is 6.24. The Morgan fingerprint density at radius 2 is 1.65 bits per heavy atom. The number of rotatable bonds is 9. The summed E-state index contributed by atoms with van der Waals surface area (Å²) in [5.74, 6) is -0.202. The summed E-state index contributed by atoms with van der Waals surface area (Å²) in [7, 11) is 0. The number of benzene rings is 2. The highest BCUT2D eigenvalue weighted by atomic mass is 16.5. The number of anilines is 1. The molecule has 0 aliphatic rings. The number of carbonyl (C=O) groups is 2. The Kier molecular flexibility index (Phi) is 7.68. The van der Waals surface area contributed by atoms with E-state index in [-0.39, 0.29) is 12.5 Å². The van der Waals surface area contributed by atoms with Crippen LogP contribution in [0, 0.1) is 0 Å². The summed E-state index contributed by atoms with van der Waals surface area (Å²) in [6.45, 7) is 4.48. The van der Waals surface area contributed by atoms with Crippen LogP contribution in [-0.2, 0) is 16.0 Å². The Morgan fingerprint density at radius 1 is 0.962 bits per heavy atom. The molecule has 0 spiro atoms. The molecule has 5 nitrogen and oxygen atoms in total. The minimum atomic E-state index is -0.540. The first-order valence-corrected chi connectivity index (χ1v) is 8.91. The predicted molar refractivity (Wildman–Crippen MR) is 102 cm³/mol. The first-order chi connectivity index (χ1) is 12.6. The number of aryl methyl sites for hydroxylation is 1. The Balaban J connectivity index is 1.78. The summed E-state index contributed by atoms with van der Waals surface area (Å²) in [6, 6.07) is 14.3. The Labute approximate surface area is 154 Å². The second-order valence-corrected chi connectivity index (χ2v) is 5.90. The van der Waals surface area contributed by atoms with Crippen molar-refractivity contribution in [1.82, 2.24) is 0 Å². The number of ether oxygens (including phenoxy) is 2. The second-order valence-electron chi connectivity index (χ2n) is 5.90. The van der Waals surface area contributed by atoms with E-state index in [1.54, 1.807) is 24.3 Å². The Hall–Kier alpha value is -2.82. The van der Waals surface area contributed by atoms with E-state index in [9.17, 15) is 9.59 Å². The van der Waals surface area contributed by atoms with Gasteiger partial charge in [0.1, 0.15) is 5.75 Å². The zero-order chi connectivity index (χ0) is 18.8. The molecule has 0 aliphatic heterocycles. The summed E-state index contributed by atoms with van der Waals surface area (Å²) >= 11 is 0. The van der Waals surface area contributed by atoms with E-state index in [0.29, 0.717) is 23.6 Å². The van der Waals surface area contributed by atoms with Gasteiger partial charge in [-0.25, -0.2) is 4.79 Å². The van der Waals surface area contributed by atoms with Gasteiger partial charge in [-0.05, 0) is 54.8 Å². The van der Waals surface area contributed by atoms with E-state index >= 15 is 0 Å². The molecule has 2 aromatic carbocycles. The van der Waals surface area contributed by atoms with Crippen molar-refractivity contribution in [1.29, 1.82) is 0 Å². The average Bonchev–Trinajstić information content (AvgIpc) is 2.67. The highest BCUT2D eigenvalue weighted by Crippen LogP contribution is 2.14. The number of nitrogens with one attached hydrogen (secondary N) is 1. The van der Waals surface area contributed by atoms with E-state index < -0.39 is 5.97 Å². The molecule has 0 fully saturated rings. The first kappa shape index (κ1) is 19.5. The number of carbonyl (C=O) groups excluding carboxylic acids is 2. The molecule has 138 valence electrons. The SMILES string of the molecule is CCCCOc1ccc(C(=O)OCC(=O)Nc2ccc(CC)cc2)cc1. The summed E-state index contributed by atoms with van der Waals surface area (Å²) in [6.07, 6.45) is 2.99. The zero-order valence-electron chi connectivity index (χ0n) is 15.3. The normalized spacial score (nSPS) is 10.2. The monoisotopic (exact) mass is 355 g/mol. The van der Waals surface area contributed by atoms with Gasteiger partial charge in [0, 0.05) is 5.69 Å². The van der Waals surface area contributed by atoms with E-state index in [4.69, 9.17) is 9.47 Å². The van der Waals surface area contributed by atoms with Gasteiger partial charge in [0.05, 0.1) is 12.2 Å². The van der Waals surface area contributed by atoms with Crippen molar-refractivity contribution in [2.24, 2.45) is 0 Å². The summed E-state index contributed by atoms with van der Waals surface area (Å²) in [4.78, 5) is 23.9. The molecule has 26 heavy (non-hydrogen) atoms. The molecule has 0 bridgehead atoms. The van der Waals surface area contributed by atoms with Gasteiger partial charge in [-0.1, -0.05) is 32.4 Å². The molecule has 0 saturated heterocycles. The number of hydrogen-bond donors (Lipinski definition) is 1. The minimum Gasteiger partial charge on any atom is -0.494 e. The van der Waals surface area contributed by atoms with Crippen LogP contribution in [0.1, 0.15) is 42.6 Å². The number of unbranched alkanes of at least 4 members (excludes halogenated alkanes) is 1. The van der Waals surface area contributed by atoms with Crippen molar-refractivity contribution in [3.63, 3.8) is 0 Å². The first-order valence-electron chi connectivity index (χ1n) is 8.91. The molecule has 0 aromatic heterocycles. The minimum absolute atomic E-state index is 0.330. The maximum atomic E-state index is 12.0. The molecule has 2 rings (SSSR count). The molecule has 2 aromatic rings. The van der Waals surface area contributed by atoms with Crippen molar-refractivity contribution in [2.75, 3.05) is 18.5 Å². The molecule has 5 heteroatoms. The van der Waals surface area contributed by atoms with Crippen LogP contribution in [0.25, 0.3) is 0 Å². The van der Waals surface area contributed by atoms with Gasteiger partial charge in [-0.3, -0.25) is 4.79 Å². The van der Waals surface area contributed by atoms with Crippen molar-refractivity contribution >= 4 is 17.6 Å². The van der Waals surface area contributed by atoms with Crippen LogP contribution in [0.2, 0.25) is 0 Å². The molecule has 0 aliphatic carbocycles. The molecule has 0 unspecified atom stereocenters. The molecule has 0 atom stereocenters. The molecule has 0 saturated carbocycles. The lowest BCUT2D eigenvalue weighted by Gasteiger charge is -2.08. The summed E-state index contributed by atoms with van der Waals surface area (Å²) in [5.41, 5.74) is 2.25. The Bertz CT molecular complexity index is 708. The third-order valence-electron chi connectivity index (χ3n) is 3.84. The Morgan fingerprint density at radius 3 is 2.27 bits per heavy atom. The maximum Gasteiger partial charge on any atom is 0.338 e. The fourth-order valence-corrected chi connectivity index (χ4v) is 2.26. The standard InChI is InChI=1S/C21H25NO4/c1-3-5-14-25-19-12-8-17(9-13-19)21(24)26-15-20(23)22-18-10-6-16(4-2)7-11-18/h6-13H,3-5,14-15H2,1-2H3,(H,22,23). The third-order valence-corrected chi connectivity index (χ3v) is 3.84. The lowest BCUT2D eigenvalue weighted by molar-refractivity contribution is -0.119. The highest BCUT2D eigenvalue weighted by Gasteiger charge is 2.10. The lowest BCUT2D eigenvalue weighted by Crippen LogP contribution is -2.20. The van der Waals surface area contributed by atoms with Crippen LogP contribution in [0.15, 0.2) is 48.5 Å². The molecule has 0 radical (unpaired) electrons. The van der Waals surface area contributed by atoms with Crippen molar-refractivity contribution in [3.05, 3.63) is 59.7 Å². The quantitative estimate of drug-likeness (QED) is 0.540. The van der Waals surface area contributed by atoms with Crippen LogP contribution >= 0.6 is 0 Å². The van der Waals surface area contributed by atoms with E-state index in [1.807, 2.05) is 24.3 Å². The fraction of sp³-hybridized carbons (Fsp3) is 0.333. The highest BCUT2D eigenvalue weighted by molar-refractivity contribution is 5.95. The largest absolute Gasteiger partial charge is 0.494 e. The van der Waals surface area contributed by atoms with Crippen LogP contribution in [0.5, 0.6) is 5.75 Å². The van der Waals surface area contributed by atoms with Gasteiger partial charge in [0.15, 0.2) is 6.61 Å². The predicted octanol–water partition coefficient (Wildman–Crippen LogP) is 4.22. The van der Waals surface area contributed by atoms with Crippen molar-refractivity contribution in [3.8, 4) is 5.75 Å². The fourth-order valence-electron chi connectivity index (χ4n) is 2.26. The summed E-state index contributed by atoms with van der Waals surface area (Å²) < 4.78 is 10.6. The number of amides is 1. The maximum absolute atomic E-state index is 12.0. The van der Waals surface area contributed by atoms with Crippen molar-refractivity contribution in [2.45, 2.75) is 33.1 Å². The van der Waals surface area contributed by atoms with Crippen LogP contribution in [-0.4, -0.2) is 25.1 Å². The van der Waals surface area contributed by atoms with Crippen LogP contribution in [0.4, 0.5) is 5.69 Å². The molecule has 0 heterocycles. The zero-order valence-corrected chi connectivity index (χ0v) is 15.3. The molecule has 1 amide bonds. The average molecular weight is 355 g/mol. The van der Waals surface area contributed by atoms with E-state index in [0.717, 1.165) is 19.3 Å². The van der Waals surface area contributed by atoms with Gasteiger partial charge in [0.2, 0.25) is 0 Å². The smallest absolute Gasteiger partial charge is 0.338 e. The van der Waals surface area contributed by atoms with Crippen LogP contribution in [0.3, 0.4) is 0 Å². The second kappa shape index (κ2) is 10.2. The number of hydrogen-bond acceptors (Lipinski definition) is 4. The van der Waals surface area contributed by atoms with Crippen LogP contribution < -0.4 is 10.1 Å². The topological polar surface area (TPSA) is 64.6 Å². The number of esters is 1. The van der Waals surface area contributed by atoms with Crippen molar-refractivity contribution < 1.29 is 19.1 Å².